The molecule has 18 heavy (non-hydrogen) atoms. The van der Waals surface area contributed by atoms with Gasteiger partial charge in [-0.15, -0.1) is 0 Å². The van der Waals surface area contributed by atoms with Crippen LogP contribution in [-0.2, 0) is 0 Å². The zero-order chi connectivity index (χ0) is 13.1. The third-order valence-corrected chi connectivity index (χ3v) is 2.92. The van der Waals surface area contributed by atoms with Crippen molar-refractivity contribution in [3.05, 3.63) is 52.3 Å². The van der Waals surface area contributed by atoms with Crippen molar-refractivity contribution in [1.29, 1.82) is 0 Å². The largest absolute Gasteiger partial charge is 0.397 e. The first-order chi connectivity index (χ1) is 8.59. The van der Waals surface area contributed by atoms with Gasteiger partial charge in [-0.1, -0.05) is 29.3 Å². The predicted molar refractivity (Wildman–Crippen MR) is 73.1 cm³/mol. The van der Waals surface area contributed by atoms with Gasteiger partial charge in [-0.05, 0) is 18.2 Å². The molecule has 0 bridgehead atoms. The summed E-state index contributed by atoms with van der Waals surface area (Å²) >= 11 is 11.8. The maximum atomic E-state index is 12.0. The summed E-state index contributed by atoms with van der Waals surface area (Å²) in [5, 5.41) is 3.26. The van der Waals surface area contributed by atoms with Gasteiger partial charge in [0.25, 0.3) is 5.91 Å². The summed E-state index contributed by atoms with van der Waals surface area (Å²) in [4.78, 5) is 15.8. The van der Waals surface area contributed by atoms with Crippen molar-refractivity contribution >= 4 is 40.5 Å². The van der Waals surface area contributed by atoms with Crippen LogP contribution in [0.4, 0.5) is 11.4 Å². The molecule has 0 saturated carbocycles. The fourth-order valence-corrected chi connectivity index (χ4v) is 1.85. The minimum atomic E-state index is -0.387. The van der Waals surface area contributed by atoms with Gasteiger partial charge in [0.2, 0.25) is 0 Å². The van der Waals surface area contributed by atoms with Gasteiger partial charge in [-0.25, -0.2) is 0 Å². The molecule has 2 aromatic rings. The van der Waals surface area contributed by atoms with Crippen LogP contribution < -0.4 is 11.1 Å². The van der Waals surface area contributed by atoms with E-state index in [-0.39, 0.29) is 10.9 Å². The Morgan fingerprint density at radius 3 is 2.67 bits per heavy atom. The number of hydrogen-bond acceptors (Lipinski definition) is 3. The second kappa shape index (κ2) is 5.25. The van der Waals surface area contributed by atoms with Crippen LogP contribution in [0.25, 0.3) is 0 Å². The van der Waals surface area contributed by atoms with E-state index < -0.39 is 0 Å². The van der Waals surface area contributed by atoms with E-state index in [9.17, 15) is 4.79 Å². The molecule has 1 heterocycles. The van der Waals surface area contributed by atoms with E-state index in [1.807, 2.05) is 0 Å². The van der Waals surface area contributed by atoms with Crippen LogP contribution in [0, 0.1) is 0 Å². The van der Waals surface area contributed by atoms with Gasteiger partial charge in [0.1, 0.15) is 0 Å². The molecule has 0 aliphatic rings. The summed E-state index contributed by atoms with van der Waals surface area (Å²) < 4.78 is 0. The van der Waals surface area contributed by atoms with Crippen molar-refractivity contribution in [2.24, 2.45) is 0 Å². The summed E-state index contributed by atoms with van der Waals surface area (Å²) in [6.45, 7) is 0. The van der Waals surface area contributed by atoms with Gasteiger partial charge >= 0.3 is 0 Å². The number of aromatic nitrogens is 1. The van der Waals surface area contributed by atoms with Crippen molar-refractivity contribution in [1.82, 2.24) is 4.98 Å². The average Bonchev–Trinajstić information content (AvgIpc) is 2.34. The van der Waals surface area contributed by atoms with Crippen molar-refractivity contribution in [2.75, 3.05) is 11.1 Å². The highest BCUT2D eigenvalue weighted by Gasteiger charge is 2.13. The Balaban J connectivity index is 2.30. The van der Waals surface area contributed by atoms with Crippen LogP contribution in [0.2, 0.25) is 10.0 Å². The first-order valence-electron chi connectivity index (χ1n) is 5.04. The van der Waals surface area contributed by atoms with Gasteiger partial charge in [-0.2, -0.15) is 0 Å². The normalized spacial score (nSPS) is 10.1. The lowest BCUT2D eigenvalue weighted by Gasteiger charge is -2.10. The number of nitrogens with two attached hydrogens (primary N) is 1. The third-order valence-electron chi connectivity index (χ3n) is 2.30. The van der Waals surface area contributed by atoms with E-state index in [4.69, 9.17) is 28.9 Å². The minimum absolute atomic E-state index is 0.264. The third kappa shape index (κ3) is 2.55. The predicted octanol–water partition coefficient (Wildman–Crippen LogP) is 3.22. The maximum Gasteiger partial charge on any atom is 0.257 e. The Morgan fingerprint density at radius 1 is 1.22 bits per heavy atom. The molecule has 0 aliphatic heterocycles. The van der Waals surface area contributed by atoms with Gasteiger partial charge in [0, 0.05) is 12.4 Å². The van der Waals surface area contributed by atoms with Crippen molar-refractivity contribution in [3.63, 3.8) is 0 Å². The number of pyridine rings is 1. The zero-order valence-electron chi connectivity index (χ0n) is 9.15. The van der Waals surface area contributed by atoms with Crippen LogP contribution >= 0.6 is 23.2 Å². The van der Waals surface area contributed by atoms with Crippen LogP contribution in [0.1, 0.15) is 10.4 Å². The molecule has 6 heteroatoms. The second-order valence-corrected chi connectivity index (χ2v) is 4.33. The number of nitrogen functional groups attached to an aromatic ring is 1. The average molecular weight is 282 g/mol. The Labute approximate surface area is 114 Å². The molecule has 0 saturated heterocycles. The number of nitrogens with zero attached hydrogens (tertiary/aromatic N) is 1. The lowest BCUT2D eigenvalue weighted by atomic mass is 10.2. The number of para-hydroxylation sites is 1. The van der Waals surface area contributed by atoms with Gasteiger partial charge in [0.15, 0.2) is 0 Å². The van der Waals surface area contributed by atoms with E-state index in [2.05, 4.69) is 10.3 Å². The molecule has 0 unspecified atom stereocenters. The molecule has 0 radical (unpaired) electrons. The van der Waals surface area contributed by atoms with Gasteiger partial charge in [0.05, 0.1) is 27.0 Å². The van der Waals surface area contributed by atoms with Crippen LogP contribution in [-0.4, -0.2) is 10.9 Å². The molecule has 0 spiro atoms. The van der Waals surface area contributed by atoms with Crippen molar-refractivity contribution in [3.8, 4) is 0 Å². The van der Waals surface area contributed by atoms with Gasteiger partial charge in [-0.3, -0.25) is 9.78 Å². The standard InChI is InChI=1S/C12H9Cl2N3O/c13-8-2-1-3-10(15)11(8)17-12(18)7-4-5-16-6-9(7)14/h1-6H,15H2,(H,17,18). The number of halogens is 2. The van der Waals surface area contributed by atoms with Crippen LogP contribution in [0.3, 0.4) is 0 Å². The molecular weight excluding hydrogens is 273 g/mol. The Bertz CT molecular complexity index is 581. The minimum Gasteiger partial charge on any atom is -0.397 e. The van der Waals surface area contributed by atoms with Crippen LogP contribution in [0.5, 0.6) is 0 Å². The maximum absolute atomic E-state index is 12.0. The summed E-state index contributed by atoms with van der Waals surface area (Å²) in [5.74, 6) is -0.387. The highest BCUT2D eigenvalue weighted by Crippen LogP contribution is 2.28. The number of hydrogen-bond donors (Lipinski definition) is 2. The number of nitrogens with one attached hydrogen (secondary N) is 1. The molecule has 1 aromatic heterocycles. The Kier molecular flexibility index (Phi) is 3.69. The molecular formula is C12H9Cl2N3O. The molecule has 92 valence electrons. The molecule has 1 amide bonds. The van der Waals surface area contributed by atoms with Crippen LogP contribution in [0.15, 0.2) is 36.7 Å². The number of carbonyl (C=O) groups is 1. The quantitative estimate of drug-likeness (QED) is 0.831. The Morgan fingerprint density at radius 2 is 2.00 bits per heavy atom. The highest BCUT2D eigenvalue weighted by atomic mass is 35.5. The molecule has 0 aliphatic carbocycles. The SMILES string of the molecule is Nc1cccc(Cl)c1NC(=O)c1ccncc1Cl. The molecule has 4 nitrogen and oxygen atoms in total. The summed E-state index contributed by atoms with van der Waals surface area (Å²) in [7, 11) is 0. The summed E-state index contributed by atoms with van der Waals surface area (Å²) in [5.41, 5.74) is 6.81. The molecule has 2 rings (SSSR count). The second-order valence-electron chi connectivity index (χ2n) is 3.51. The number of amides is 1. The van der Waals surface area contributed by atoms with E-state index in [1.54, 1.807) is 18.2 Å². The number of rotatable bonds is 2. The number of carbonyl (C=O) groups excluding carboxylic acids is 1. The summed E-state index contributed by atoms with van der Waals surface area (Å²) in [6.07, 6.45) is 2.88. The molecule has 1 aromatic carbocycles. The van der Waals surface area contributed by atoms with Gasteiger partial charge < -0.3 is 11.1 Å². The van der Waals surface area contributed by atoms with Crippen molar-refractivity contribution in [2.45, 2.75) is 0 Å². The molecule has 0 atom stereocenters. The van der Waals surface area contributed by atoms with E-state index in [0.717, 1.165) is 0 Å². The first kappa shape index (κ1) is 12.7. The fraction of sp³-hybridized carbons (Fsp3) is 0. The van der Waals surface area contributed by atoms with E-state index in [1.165, 1.54) is 18.5 Å². The number of benzene rings is 1. The monoisotopic (exact) mass is 281 g/mol. The summed E-state index contributed by atoms with van der Waals surface area (Å²) in [6, 6.07) is 6.51. The lowest BCUT2D eigenvalue weighted by Crippen LogP contribution is -2.14. The van der Waals surface area contributed by atoms with Crippen molar-refractivity contribution < 1.29 is 4.79 Å². The first-order valence-corrected chi connectivity index (χ1v) is 5.80. The highest BCUT2D eigenvalue weighted by molar-refractivity contribution is 6.36. The number of anilines is 2. The van der Waals surface area contributed by atoms with E-state index >= 15 is 0 Å². The topological polar surface area (TPSA) is 68.0 Å². The molecule has 0 fully saturated rings. The zero-order valence-corrected chi connectivity index (χ0v) is 10.7. The molecule has 3 N–H and O–H groups in total. The Hall–Kier alpha value is -1.78. The fourth-order valence-electron chi connectivity index (χ4n) is 1.41. The van der Waals surface area contributed by atoms with E-state index in [0.29, 0.717) is 22.0 Å². The smallest absolute Gasteiger partial charge is 0.257 e. The lowest BCUT2D eigenvalue weighted by molar-refractivity contribution is 0.102.